The van der Waals surface area contributed by atoms with Gasteiger partial charge in [0.25, 0.3) is 0 Å². The zero-order valence-corrected chi connectivity index (χ0v) is 25.5. The molecule has 0 bridgehead atoms. The Labute approximate surface area is 224 Å². The number of methoxy groups -OCH3 is 1. The second-order valence-corrected chi connectivity index (χ2v) is 18.4. The Balaban J connectivity index is 1.60. The van der Waals surface area contributed by atoms with Crippen LogP contribution in [0.15, 0.2) is 23.8 Å². The zero-order valence-electron chi connectivity index (χ0n) is 23.7. The monoisotopic (exact) mass is 532 g/mol. The first kappa shape index (κ1) is 29.3. The average Bonchev–Trinajstić information content (AvgIpc) is 3.39. The van der Waals surface area contributed by atoms with Crippen LogP contribution in [0.3, 0.4) is 0 Å². The van der Waals surface area contributed by atoms with Crippen molar-refractivity contribution < 1.29 is 18.8 Å². The first-order valence-corrected chi connectivity index (χ1v) is 17.7. The molecule has 2 aliphatic rings. The van der Waals surface area contributed by atoms with E-state index in [2.05, 4.69) is 46.9 Å². The first-order chi connectivity index (χ1) is 16.9. The summed E-state index contributed by atoms with van der Waals surface area (Å²) in [4.78, 5) is 26.3. The molecule has 0 aliphatic heterocycles. The zero-order chi connectivity index (χ0) is 26.6. The SMILES string of the molecule is CCC1(C(CCC=C2C(=O)CC[C@@H]2CCCc2ccc(C(=O)OC)s2)O[Si](C)(C)C(C)(C)C)CCC1. The van der Waals surface area contributed by atoms with Crippen LogP contribution in [0.2, 0.25) is 18.1 Å². The molecule has 1 aromatic rings. The number of carbonyl (C=O) groups is 2. The highest BCUT2D eigenvalue weighted by Crippen LogP contribution is 2.51. The van der Waals surface area contributed by atoms with Gasteiger partial charge >= 0.3 is 5.97 Å². The molecule has 0 saturated heterocycles. The van der Waals surface area contributed by atoms with Crippen LogP contribution in [0, 0.1) is 11.3 Å². The van der Waals surface area contributed by atoms with Gasteiger partial charge in [-0.25, -0.2) is 4.79 Å². The van der Waals surface area contributed by atoms with Crippen LogP contribution in [0.4, 0.5) is 0 Å². The molecule has 2 saturated carbocycles. The summed E-state index contributed by atoms with van der Waals surface area (Å²) in [5, 5.41) is 0.203. The maximum Gasteiger partial charge on any atom is 0.348 e. The molecule has 0 amide bonds. The van der Waals surface area contributed by atoms with Crippen molar-refractivity contribution in [2.75, 3.05) is 7.11 Å². The van der Waals surface area contributed by atoms with Gasteiger partial charge in [0, 0.05) is 11.3 Å². The fourth-order valence-electron chi connectivity index (χ4n) is 5.61. The third-order valence-corrected chi connectivity index (χ3v) is 14.9. The lowest BCUT2D eigenvalue weighted by Crippen LogP contribution is -2.51. The number of hydrogen-bond acceptors (Lipinski definition) is 5. The molecule has 36 heavy (non-hydrogen) atoms. The van der Waals surface area contributed by atoms with Gasteiger partial charge in [-0.15, -0.1) is 11.3 Å². The van der Waals surface area contributed by atoms with E-state index in [1.54, 1.807) is 0 Å². The first-order valence-electron chi connectivity index (χ1n) is 14.0. The quantitative estimate of drug-likeness (QED) is 0.154. The molecule has 202 valence electrons. The number of rotatable bonds is 12. The van der Waals surface area contributed by atoms with Gasteiger partial charge in [-0.05, 0) is 105 Å². The van der Waals surface area contributed by atoms with Crippen molar-refractivity contribution in [1.29, 1.82) is 0 Å². The maximum absolute atomic E-state index is 12.7. The second kappa shape index (κ2) is 12.1. The maximum atomic E-state index is 12.7. The third-order valence-electron chi connectivity index (χ3n) is 9.28. The van der Waals surface area contributed by atoms with Gasteiger partial charge in [0.15, 0.2) is 14.1 Å². The van der Waals surface area contributed by atoms with Crippen LogP contribution < -0.4 is 0 Å². The summed E-state index contributed by atoms with van der Waals surface area (Å²) in [5.74, 6) is 0.460. The number of allylic oxidation sites excluding steroid dienone is 2. The predicted octanol–water partition coefficient (Wildman–Crippen LogP) is 8.51. The van der Waals surface area contributed by atoms with Crippen molar-refractivity contribution in [2.45, 2.75) is 123 Å². The minimum Gasteiger partial charge on any atom is -0.465 e. The van der Waals surface area contributed by atoms with Crippen molar-refractivity contribution in [1.82, 2.24) is 0 Å². The molecule has 2 fully saturated rings. The smallest absolute Gasteiger partial charge is 0.348 e. The van der Waals surface area contributed by atoms with Crippen LogP contribution in [0.25, 0.3) is 0 Å². The van der Waals surface area contributed by atoms with Gasteiger partial charge in [-0.2, -0.15) is 0 Å². The molecule has 1 unspecified atom stereocenters. The standard InChI is InChI=1S/C30H48O4SSi/c1-8-30(20-11-21-30)27(34-36(6,7)29(2,3)4)15-10-14-24-22(16-18-25(24)31)12-9-13-23-17-19-26(35-23)28(32)33-5/h14,17,19,22,27H,8-13,15-16,18,20-21H2,1-7H3/t22-,27?/m0/s1. The third kappa shape index (κ3) is 6.79. The number of ether oxygens (including phenoxy) is 1. The Bertz CT molecular complexity index is 929. The van der Waals surface area contributed by atoms with Crippen molar-refractivity contribution in [2.24, 2.45) is 11.3 Å². The van der Waals surface area contributed by atoms with E-state index in [4.69, 9.17) is 9.16 Å². The molecular formula is C30H48O4SSi. The molecule has 0 spiro atoms. The molecule has 3 rings (SSSR count). The van der Waals surface area contributed by atoms with E-state index in [0.717, 1.165) is 44.1 Å². The minimum absolute atomic E-state index is 0.203. The summed E-state index contributed by atoms with van der Waals surface area (Å²) in [6.45, 7) is 14.1. The highest BCUT2D eigenvalue weighted by atomic mass is 32.1. The highest BCUT2D eigenvalue weighted by Gasteiger charge is 2.47. The summed E-state index contributed by atoms with van der Waals surface area (Å²) in [6.07, 6.45) is 14.3. The Morgan fingerprint density at radius 3 is 2.58 bits per heavy atom. The van der Waals surface area contributed by atoms with Crippen molar-refractivity contribution in [3.05, 3.63) is 33.5 Å². The van der Waals surface area contributed by atoms with Crippen molar-refractivity contribution in [3.63, 3.8) is 0 Å². The van der Waals surface area contributed by atoms with Gasteiger partial charge in [0.05, 0.1) is 13.2 Å². The van der Waals surface area contributed by atoms with Gasteiger partial charge in [-0.3, -0.25) is 4.79 Å². The summed E-state index contributed by atoms with van der Waals surface area (Å²) in [7, 11) is -0.439. The molecule has 2 aliphatic carbocycles. The normalized spacial score (nSPS) is 22.0. The second-order valence-electron chi connectivity index (χ2n) is 12.5. The van der Waals surface area contributed by atoms with Crippen molar-refractivity contribution >= 4 is 31.4 Å². The fourth-order valence-corrected chi connectivity index (χ4v) is 8.01. The van der Waals surface area contributed by atoms with Crippen LogP contribution in [-0.2, 0) is 20.4 Å². The topological polar surface area (TPSA) is 52.6 Å². The number of Topliss-reactive ketones (excluding diaryl/α,β-unsaturated/α-hetero) is 1. The lowest BCUT2D eigenvalue weighted by atomic mass is 9.62. The molecule has 1 aromatic heterocycles. The molecule has 0 N–H and O–H groups in total. The van der Waals surface area contributed by atoms with E-state index >= 15 is 0 Å². The Hall–Kier alpha value is -1.24. The number of ketones is 1. The van der Waals surface area contributed by atoms with Crippen LogP contribution >= 0.6 is 11.3 Å². The fraction of sp³-hybridized carbons (Fsp3) is 0.733. The minimum atomic E-state index is -1.86. The number of thiophene rings is 1. The van der Waals surface area contributed by atoms with Crippen molar-refractivity contribution in [3.8, 4) is 0 Å². The van der Waals surface area contributed by atoms with Crippen LogP contribution in [-0.4, -0.2) is 33.3 Å². The Morgan fingerprint density at radius 2 is 2.00 bits per heavy atom. The lowest BCUT2D eigenvalue weighted by Gasteiger charge is -2.51. The van der Waals surface area contributed by atoms with Gasteiger partial charge in [-0.1, -0.05) is 40.2 Å². The van der Waals surface area contributed by atoms with E-state index in [-0.39, 0.29) is 11.0 Å². The summed E-state index contributed by atoms with van der Waals surface area (Å²) in [5.41, 5.74) is 1.40. The highest BCUT2D eigenvalue weighted by molar-refractivity contribution is 7.13. The molecule has 2 atom stereocenters. The number of hydrogen-bond donors (Lipinski definition) is 0. The molecule has 4 nitrogen and oxygen atoms in total. The Morgan fingerprint density at radius 1 is 1.28 bits per heavy atom. The molecule has 1 heterocycles. The molecule has 6 heteroatoms. The molecule has 0 aromatic carbocycles. The number of esters is 1. The largest absolute Gasteiger partial charge is 0.465 e. The van der Waals surface area contributed by atoms with E-state index in [1.165, 1.54) is 49.0 Å². The number of carbonyl (C=O) groups excluding carboxylic acids is 2. The Kier molecular flexibility index (Phi) is 9.84. The van der Waals surface area contributed by atoms with Gasteiger partial charge in [0.2, 0.25) is 0 Å². The van der Waals surface area contributed by atoms with Crippen LogP contribution in [0.5, 0.6) is 0 Å². The van der Waals surface area contributed by atoms with E-state index < -0.39 is 8.32 Å². The van der Waals surface area contributed by atoms with E-state index in [0.29, 0.717) is 34.5 Å². The van der Waals surface area contributed by atoms with Gasteiger partial charge in [0.1, 0.15) is 4.88 Å². The van der Waals surface area contributed by atoms with Crippen LogP contribution in [0.1, 0.15) is 106 Å². The molecule has 0 radical (unpaired) electrons. The lowest BCUT2D eigenvalue weighted by molar-refractivity contribution is -0.114. The van der Waals surface area contributed by atoms with E-state index in [9.17, 15) is 9.59 Å². The summed E-state index contributed by atoms with van der Waals surface area (Å²) >= 11 is 1.52. The number of aryl methyl sites for hydroxylation is 1. The summed E-state index contributed by atoms with van der Waals surface area (Å²) < 4.78 is 11.9. The van der Waals surface area contributed by atoms with E-state index in [1.807, 2.05) is 12.1 Å². The average molecular weight is 533 g/mol. The predicted molar refractivity (Wildman–Crippen MR) is 152 cm³/mol. The molecular weight excluding hydrogens is 484 g/mol. The van der Waals surface area contributed by atoms with Gasteiger partial charge < -0.3 is 9.16 Å². The summed E-state index contributed by atoms with van der Waals surface area (Å²) in [6, 6.07) is 3.88.